The molecule has 82 valence electrons. The Morgan fingerprint density at radius 1 is 1.29 bits per heavy atom. The Balaban J connectivity index is 3.75. The number of carbonyl (C=O) groups is 2. The van der Waals surface area contributed by atoms with Crippen LogP contribution in [0, 0.1) is 0 Å². The lowest BCUT2D eigenvalue weighted by atomic mass is 10.2. The molecule has 0 saturated carbocycles. The van der Waals surface area contributed by atoms with Crippen molar-refractivity contribution in [2.45, 2.75) is 32.8 Å². The lowest BCUT2D eigenvalue weighted by Crippen LogP contribution is -2.26. The van der Waals surface area contributed by atoms with Crippen molar-refractivity contribution in [3.63, 3.8) is 0 Å². The van der Waals surface area contributed by atoms with Gasteiger partial charge in [0.05, 0.1) is 19.6 Å². The summed E-state index contributed by atoms with van der Waals surface area (Å²) >= 11 is 0. The van der Waals surface area contributed by atoms with E-state index in [1.807, 2.05) is 6.92 Å². The monoisotopic (exact) mass is 204 g/mol. The quantitative estimate of drug-likeness (QED) is 0.628. The fraction of sp³-hybridized carbons (Fsp3) is 0.778. The molecule has 5 heteroatoms. The molecule has 1 atom stereocenters. The van der Waals surface area contributed by atoms with Crippen LogP contribution < -0.4 is 0 Å². The number of carbonyl (C=O) groups excluding carboxylic acids is 2. The molecule has 0 heterocycles. The molecular weight excluding hydrogens is 188 g/mol. The molecule has 0 spiro atoms. The molecule has 1 N–H and O–H groups in total. The molecule has 0 saturated heterocycles. The zero-order valence-corrected chi connectivity index (χ0v) is 8.49. The maximum absolute atomic E-state index is 10.9. The first-order valence-electron chi connectivity index (χ1n) is 4.62. The molecule has 0 rings (SSSR count). The first-order valence-corrected chi connectivity index (χ1v) is 4.62. The number of aliphatic hydroxyl groups excluding tert-OH is 1. The number of rotatable bonds is 6. The lowest BCUT2D eigenvalue weighted by molar-refractivity contribution is -0.159. The minimum atomic E-state index is -1.42. The molecule has 0 aromatic rings. The Morgan fingerprint density at radius 2 is 1.93 bits per heavy atom. The molecule has 14 heavy (non-hydrogen) atoms. The zero-order chi connectivity index (χ0) is 11.0. The molecule has 0 bridgehead atoms. The predicted octanol–water partition coefficient (Wildman–Crippen LogP) is 0.254. The highest BCUT2D eigenvalue weighted by atomic mass is 16.6. The number of esters is 2. The van der Waals surface area contributed by atoms with Crippen molar-refractivity contribution in [3.8, 4) is 0 Å². The maximum atomic E-state index is 10.9. The van der Waals surface area contributed by atoms with Crippen LogP contribution in [0.3, 0.4) is 0 Å². The smallest absolute Gasteiger partial charge is 0.335 e. The summed E-state index contributed by atoms with van der Waals surface area (Å²) in [7, 11) is 0. The SMILES string of the molecule is CCCOC(=O)CC(O)C(=O)OCC. The van der Waals surface area contributed by atoms with Crippen molar-refractivity contribution >= 4 is 11.9 Å². The highest BCUT2D eigenvalue weighted by Gasteiger charge is 2.20. The van der Waals surface area contributed by atoms with Crippen LogP contribution in [0.5, 0.6) is 0 Å². The van der Waals surface area contributed by atoms with Crippen molar-refractivity contribution in [3.05, 3.63) is 0 Å². The van der Waals surface area contributed by atoms with Crippen LogP contribution in [-0.4, -0.2) is 36.4 Å². The third-order valence-electron chi connectivity index (χ3n) is 1.39. The minimum Gasteiger partial charge on any atom is -0.466 e. The van der Waals surface area contributed by atoms with Gasteiger partial charge in [-0.25, -0.2) is 4.79 Å². The Kier molecular flexibility index (Phi) is 6.74. The van der Waals surface area contributed by atoms with E-state index < -0.39 is 18.0 Å². The van der Waals surface area contributed by atoms with E-state index in [2.05, 4.69) is 9.47 Å². The number of hydrogen-bond donors (Lipinski definition) is 1. The Labute approximate surface area is 83.0 Å². The average Bonchev–Trinajstić information content (AvgIpc) is 2.15. The van der Waals surface area contributed by atoms with E-state index in [0.717, 1.165) is 0 Å². The molecule has 0 fully saturated rings. The van der Waals surface area contributed by atoms with Crippen molar-refractivity contribution < 1.29 is 24.2 Å². The van der Waals surface area contributed by atoms with Gasteiger partial charge in [-0.2, -0.15) is 0 Å². The second-order valence-electron chi connectivity index (χ2n) is 2.69. The van der Waals surface area contributed by atoms with Crippen LogP contribution in [0.2, 0.25) is 0 Å². The zero-order valence-electron chi connectivity index (χ0n) is 8.49. The van der Waals surface area contributed by atoms with Crippen LogP contribution in [0.4, 0.5) is 0 Å². The summed E-state index contributed by atoms with van der Waals surface area (Å²) in [5.41, 5.74) is 0. The van der Waals surface area contributed by atoms with Gasteiger partial charge in [-0.05, 0) is 13.3 Å². The summed E-state index contributed by atoms with van der Waals surface area (Å²) in [6.07, 6.45) is -1.06. The number of aliphatic hydroxyl groups is 1. The van der Waals surface area contributed by atoms with Crippen LogP contribution in [0.15, 0.2) is 0 Å². The van der Waals surface area contributed by atoms with E-state index in [4.69, 9.17) is 5.11 Å². The molecule has 0 aromatic heterocycles. The fourth-order valence-corrected chi connectivity index (χ4v) is 0.754. The van der Waals surface area contributed by atoms with E-state index >= 15 is 0 Å². The van der Waals surface area contributed by atoms with Crippen molar-refractivity contribution in [2.24, 2.45) is 0 Å². The van der Waals surface area contributed by atoms with Gasteiger partial charge in [-0.15, -0.1) is 0 Å². The second kappa shape index (κ2) is 7.32. The molecule has 0 aliphatic rings. The van der Waals surface area contributed by atoms with Gasteiger partial charge >= 0.3 is 11.9 Å². The van der Waals surface area contributed by atoms with Crippen molar-refractivity contribution in [2.75, 3.05) is 13.2 Å². The van der Waals surface area contributed by atoms with E-state index in [1.165, 1.54) is 0 Å². The molecule has 0 aliphatic heterocycles. The van der Waals surface area contributed by atoms with Gasteiger partial charge in [0, 0.05) is 0 Å². The van der Waals surface area contributed by atoms with Crippen molar-refractivity contribution in [1.82, 2.24) is 0 Å². The van der Waals surface area contributed by atoms with Gasteiger partial charge < -0.3 is 14.6 Å². The Hall–Kier alpha value is -1.10. The highest BCUT2D eigenvalue weighted by Crippen LogP contribution is 1.98. The highest BCUT2D eigenvalue weighted by molar-refractivity contribution is 5.81. The van der Waals surface area contributed by atoms with E-state index in [9.17, 15) is 9.59 Å². The summed E-state index contributed by atoms with van der Waals surface area (Å²) in [5, 5.41) is 9.14. The van der Waals surface area contributed by atoms with E-state index in [0.29, 0.717) is 13.0 Å². The van der Waals surface area contributed by atoms with Crippen molar-refractivity contribution in [1.29, 1.82) is 0 Å². The normalized spacial score (nSPS) is 11.9. The summed E-state index contributed by atoms with van der Waals surface area (Å²) in [5.74, 6) is -1.38. The summed E-state index contributed by atoms with van der Waals surface area (Å²) in [4.78, 5) is 21.8. The first kappa shape index (κ1) is 12.9. The van der Waals surface area contributed by atoms with Gasteiger partial charge in [-0.1, -0.05) is 6.92 Å². The van der Waals surface area contributed by atoms with Crippen LogP contribution in [-0.2, 0) is 19.1 Å². The molecule has 0 aromatic carbocycles. The number of hydrogen-bond acceptors (Lipinski definition) is 5. The molecule has 1 unspecified atom stereocenters. The standard InChI is InChI=1S/C9H16O5/c1-3-5-14-8(11)6-7(10)9(12)13-4-2/h7,10H,3-6H2,1-2H3. The van der Waals surface area contributed by atoms with Crippen LogP contribution >= 0.6 is 0 Å². The van der Waals surface area contributed by atoms with E-state index in [1.54, 1.807) is 6.92 Å². The third-order valence-corrected chi connectivity index (χ3v) is 1.39. The predicted molar refractivity (Wildman–Crippen MR) is 48.5 cm³/mol. The van der Waals surface area contributed by atoms with Gasteiger partial charge in [0.1, 0.15) is 0 Å². The summed E-state index contributed by atoms with van der Waals surface area (Å²) < 4.78 is 9.20. The second-order valence-corrected chi connectivity index (χ2v) is 2.69. The largest absolute Gasteiger partial charge is 0.466 e. The first-order chi connectivity index (χ1) is 6.61. The minimum absolute atomic E-state index is 0.180. The molecule has 0 radical (unpaired) electrons. The average molecular weight is 204 g/mol. The van der Waals surface area contributed by atoms with Gasteiger partial charge in [-0.3, -0.25) is 4.79 Å². The number of ether oxygens (including phenoxy) is 2. The third kappa shape index (κ3) is 5.53. The molecule has 0 aliphatic carbocycles. The van der Waals surface area contributed by atoms with Gasteiger partial charge in [0.2, 0.25) is 0 Å². The molecule has 0 amide bonds. The van der Waals surface area contributed by atoms with Crippen LogP contribution in [0.1, 0.15) is 26.7 Å². The lowest BCUT2D eigenvalue weighted by Gasteiger charge is -2.08. The Morgan fingerprint density at radius 3 is 2.43 bits per heavy atom. The van der Waals surface area contributed by atoms with Gasteiger partial charge in [0.15, 0.2) is 6.10 Å². The van der Waals surface area contributed by atoms with E-state index in [-0.39, 0.29) is 13.0 Å². The summed E-state index contributed by atoms with van der Waals surface area (Å²) in [6.45, 7) is 3.96. The maximum Gasteiger partial charge on any atom is 0.335 e. The topological polar surface area (TPSA) is 72.8 Å². The van der Waals surface area contributed by atoms with Gasteiger partial charge in [0.25, 0.3) is 0 Å². The molecule has 5 nitrogen and oxygen atoms in total. The molecular formula is C9H16O5. The fourth-order valence-electron chi connectivity index (χ4n) is 0.754. The Bertz CT molecular complexity index is 190. The summed E-state index contributed by atoms with van der Waals surface area (Å²) in [6, 6.07) is 0. The van der Waals surface area contributed by atoms with Crippen LogP contribution in [0.25, 0.3) is 0 Å².